The minimum Gasteiger partial charge on any atom is -0.340 e. The van der Waals surface area contributed by atoms with Crippen LogP contribution in [0.15, 0.2) is 24.3 Å². The zero-order valence-corrected chi connectivity index (χ0v) is 19.6. The Labute approximate surface area is 187 Å². The van der Waals surface area contributed by atoms with Gasteiger partial charge in [-0.1, -0.05) is 25.5 Å². The highest BCUT2D eigenvalue weighted by Gasteiger charge is 2.30. The van der Waals surface area contributed by atoms with Crippen molar-refractivity contribution in [3.63, 3.8) is 0 Å². The second kappa shape index (κ2) is 10.1. The van der Waals surface area contributed by atoms with Gasteiger partial charge >= 0.3 is 0 Å². The van der Waals surface area contributed by atoms with Crippen molar-refractivity contribution >= 4 is 16.9 Å². The van der Waals surface area contributed by atoms with Gasteiger partial charge in [-0.05, 0) is 64.9 Å². The Balaban J connectivity index is 1.30. The topological polar surface area (TPSA) is 44.6 Å². The highest BCUT2D eigenvalue weighted by Crippen LogP contribution is 2.25. The van der Waals surface area contributed by atoms with Crippen molar-refractivity contribution in [2.75, 3.05) is 45.8 Å². The first-order chi connectivity index (χ1) is 15.1. The second-order valence-electron chi connectivity index (χ2n) is 9.55. The first-order valence-electron chi connectivity index (χ1n) is 12.3. The predicted molar refractivity (Wildman–Crippen MR) is 126 cm³/mol. The first-order valence-corrected chi connectivity index (χ1v) is 12.3. The van der Waals surface area contributed by atoms with Gasteiger partial charge in [0.05, 0.1) is 17.6 Å². The van der Waals surface area contributed by atoms with Gasteiger partial charge in [-0.3, -0.25) is 14.6 Å². The smallest absolute Gasteiger partial charge is 0.225 e. The van der Waals surface area contributed by atoms with Gasteiger partial charge in [0.25, 0.3) is 0 Å². The molecule has 4 rings (SSSR count). The fourth-order valence-electron chi connectivity index (χ4n) is 5.15. The number of carbonyl (C=O) groups is 1. The van der Waals surface area contributed by atoms with Crippen LogP contribution in [0.4, 0.5) is 0 Å². The van der Waals surface area contributed by atoms with Gasteiger partial charge in [-0.25, -0.2) is 4.98 Å². The van der Waals surface area contributed by atoms with Crippen LogP contribution < -0.4 is 0 Å². The van der Waals surface area contributed by atoms with Crippen molar-refractivity contribution in [1.82, 2.24) is 24.3 Å². The van der Waals surface area contributed by atoms with Crippen LogP contribution in [0.1, 0.15) is 58.3 Å². The van der Waals surface area contributed by atoms with Crippen molar-refractivity contribution in [3.8, 4) is 0 Å². The number of benzene rings is 1. The fraction of sp³-hybridized carbons (Fsp3) is 0.680. The van der Waals surface area contributed by atoms with Crippen molar-refractivity contribution in [1.29, 1.82) is 0 Å². The maximum absolute atomic E-state index is 13.1. The molecule has 170 valence electrons. The van der Waals surface area contributed by atoms with Gasteiger partial charge < -0.3 is 9.47 Å². The van der Waals surface area contributed by atoms with Crippen LogP contribution in [0.3, 0.4) is 0 Å². The molecule has 3 heterocycles. The molecular weight excluding hydrogens is 386 g/mol. The Morgan fingerprint density at radius 1 is 1.03 bits per heavy atom. The van der Waals surface area contributed by atoms with Gasteiger partial charge in [-0.15, -0.1) is 0 Å². The Kier molecular flexibility index (Phi) is 7.28. The van der Waals surface area contributed by atoms with E-state index in [2.05, 4.69) is 64.3 Å². The molecule has 0 radical (unpaired) electrons. The van der Waals surface area contributed by atoms with Crippen molar-refractivity contribution in [2.45, 2.75) is 59.0 Å². The van der Waals surface area contributed by atoms with Gasteiger partial charge in [0.15, 0.2) is 0 Å². The van der Waals surface area contributed by atoms with Crippen LogP contribution in [0.5, 0.6) is 0 Å². The number of rotatable bonds is 7. The number of likely N-dealkylation sites (tertiary alicyclic amines) is 1. The summed E-state index contributed by atoms with van der Waals surface area (Å²) in [4.78, 5) is 25.1. The summed E-state index contributed by atoms with van der Waals surface area (Å²) in [5.41, 5.74) is 2.30. The molecule has 2 saturated heterocycles. The maximum Gasteiger partial charge on any atom is 0.225 e. The summed E-state index contributed by atoms with van der Waals surface area (Å²) in [5.74, 6) is 1.73. The third-order valence-corrected chi connectivity index (χ3v) is 7.00. The van der Waals surface area contributed by atoms with E-state index >= 15 is 0 Å². The highest BCUT2D eigenvalue weighted by atomic mass is 16.2. The zero-order chi connectivity index (χ0) is 21.8. The Morgan fingerprint density at radius 3 is 2.42 bits per heavy atom. The number of piperazine rings is 1. The summed E-state index contributed by atoms with van der Waals surface area (Å²) >= 11 is 0. The summed E-state index contributed by atoms with van der Waals surface area (Å²) in [6, 6.07) is 8.80. The number of para-hydroxylation sites is 2. The van der Waals surface area contributed by atoms with Gasteiger partial charge in [0.2, 0.25) is 5.91 Å². The van der Waals surface area contributed by atoms with Crippen LogP contribution in [0.2, 0.25) is 0 Å². The molecule has 2 aromatic rings. The average molecular weight is 426 g/mol. The van der Waals surface area contributed by atoms with Gasteiger partial charge in [-0.2, -0.15) is 0 Å². The molecule has 0 unspecified atom stereocenters. The molecule has 0 aliphatic carbocycles. The molecule has 0 saturated carbocycles. The molecule has 0 atom stereocenters. The third-order valence-electron chi connectivity index (χ3n) is 7.00. The maximum atomic E-state index is 13.1. The molecule has 0 bridgehead atoms. The van der Waals surface area contributed by atoms with Crippen molar-refractivity contribution in [3.05, 3.63) is 30.1 Å². The lowest BCUT2D eigenvalue weighted by Gasteiger charge is -2.38. The number of amides is 1. The summed E-state index contributed by atoms with van der Waals surface area (Å²) in [5, 5.41) is 0. The second-order valence-corrected chi connectivity index (χ2v) is 9.55. The first kappa shape index (κ1) is 22.3. The summed E-state index contributed by atoms with van der Waals surface area (Å²) < 4.78 is 2.37. The molecule has 2 aliphatic heterocycles. The van der Waals surface area contributed by atoms with E-state index in [-0.39, 0.29) is 5.92 Å². The minimum absolute atomic E-state index is 0.197. The summed E-state index contributed by atoms with van der Waals surface area (Å²) in [7, 11) is 0. The normalized spacial score (nSPS) is 19.5. The quantitative estimate of drug-likeness (QED) is 0.677. The lowest BCUT2D eigenvalue weighted by atomic mass is 9.95. The number of hydrogen-bond donors (Lipinski definition) is 0. The SMILES string of the molecule is CCCCN1CCN(C(=O)C2CCN(Cc3nc4ccccc4n3C(C)C)CC2)CC1. The van der Waals surface area contributed by atoms with Gasteiger partial charge in [0.1, 0.15) is 5.82 Å². The molecular formula is C25H39N5O. The van der Waals surface area contributed by atoms with E-state index in [1.54, 1.807) is 0 Å². The Hall–Kier alpha value is -1.92. The predicted octanol–water partition coefficient (Wildman–Crippen LogP) is 3.77. The van der Waals surface area contributed by atoms with Crippen LogP contribution in [0.25, 0.3) is 11.0 Å². The van der Waals surface area contributed by atoms with E-state index in [9.17, 15) is 4.79 Å². The van der Waals surface area contributed by atoms with E-state index in [1.807, 2.05) is 0 Å². The van der Waals surface area contributed by atoms with E-state index in [4.69, 9.17) is 4.98 Å². The number of fused-ring (bicyclic) bond motifs is 1. The molecule has 2 fully saturated rings. The number of imidazole rings is 1. The zero-order valence-electron chi connectivity index (χ0n) is 19.6. The van der Waals surface area contributed by atoms with Crippen LogP contribution in [0, 0.1) is 5.92 Å². The molecule has 0 spiro atoms. The monoisotopic (exact) mass is 425 g/mol. The average Bonchev–Trinajstić information content (AvgIpc) is 3.16. The van der Waals surface area contributed by atoms with Crippen molar-refractivity contribution in [2.24, 2.45) is 5.92 Å². The van der Waals surface area contributed by atoms with E-state index in [0.717, 1.165) is 70.0 Å². The Bertz CT molecular complexity index is 860. The molecule has 6 nitrogen and oxygen atoms in total. The van der Waals surface area contributed by atoms with E-state index < -0.39 is 0 Å². The molecule has 6 heteroatoms. The lowest BCUT2D eigenvalue weighted by Crippen LogP contribution is -2.51. The minimum atomic E-state index is 0.197. The molecule has 1 aromatic carbocycles. The molecule has 2 aliphatic rings. The number of aromatic nitrogens is 2. The molecule has 1 aromatic heterocycles. The third kappa shape index (κ3) is 5.12. The molecule has 0 N–H and O–H groups in total. The fourth-order valence-corrected chi connectivity index (χ4v) is 5.15. The number of piperidine rings is 1. The summed E-state index contributed by atoms with van der Waals surface area (Å²) in [6.45, 7) is 14.6. The lowest BCUT2D eigenvalue weighted by molar-refractivity contribution is -0.138. The highest BCUT2D eigenvalue weighted by molar-refractivity contribution is 5.79. The largest absolute Gasteiger partial charge is 0.340 e. The standard InChI is InChI=1S/C25H39N5O/c1-4-5-12-27-15-17-29(18-16-27)25(31)21-10-13-28(14-11-21)19-24-26-22-8-6-7-9-23(22)30(24)20(2)3/h6-9,20-21H,4-5,10-19H2,1-3H3. The molecule has 31 heavy (non-hydrogen) atoms. The molecule has 1 amide bonds. The van der Waals surface area contributed by atoms with Crippen LogP contribution >= 0.6 is 0 Å². The Morgan fingerprint density at radius 2 is 1.74 bits per heavy atom. The number of hydrogen-bond acceptors (Lipinski definition) is 4. The number of nitrogens with zero attached hydrogens (tertiary/aromatic N) is 5. The number of unbranched alkanes of at least 4 members (excludes halogenated alkanes) is 1. The van der Waals surface area contributed by atoms with Crippen LogP contribution in [-0.2, 0) is 11.3 Å². The van der Waals surface area contributed by atoms with E-state index in [1.165, 1.54) is 24.9 Å². The van der Waals surface area contributed by atoms with E-state index in [0.29, 0.717) is 11.9 Å². The van der Waals surface area contributed by atoms with Crippen LogP contribution in [-0.4, -0.2) is 76.0 Å². The summed E-state index contributed by atoms with van der Waals surface area (Å²) in [6.07, 6.45) is 4.44. The van der Waals surface area contributed by atoms with Crippen molar-refractivity contribution < 1.29 is 4.79 Å². The van der Waals surface area contributed by atoms with Gasteiger partial charge in [0, 0.05) is 38.1 Å². The number of carbonyl (C=O) groups excluding carboxylic acids is 1.